The minimum absolute atomic E-state index is 0.0288. The van der Waals surface area contributed by atoms with Crippen molar-refractivity contribution in [3.8, 4) is 6.07 Å². The SMILES string of the molecule is CC1=C(C(=O)NCCC(c2ccccc2)c2ccccc2)C(c2cccc(Cl)c2)C(C(=O)OCCC#N)=C(C)N1. The minimum atomic E-state index is -0.687. The molecule has 1 amide bonds. The molecule has 6 nitrogen and oxygen atoms in total. The molecule has 3 aromatic carbocycles. The van der Waals surface area contributed by atoms with Crippen molar-refractivity contribution < 1.29 is 14.3 Å². The third-order valence-electron chi connectivity index (χ3n) is 6.98. The summed E-state index contributed by atoms with van der Waals surface area (Å²) >= 11 is 6.33. The summed E-state index contributed by atoms with van der Waals surface area (Å²) in [6, 6.07) is 29.6. The van der Waals surface area contributed by atoms with E-state index in [1.165, 1.54) is 11.1 Å². The van der Waals surface area contributed by atoms with E-state index in [0.717, 1.165) is 0 Å². The normalized spacial score (nSPS) is 14.9. The summed E-state index contributed by atoms with van der Waals surface area (Å²) in [5.74, 6) is -1.42. The quantitative estimate of drug-likeness (QED) is 0.225. The van der Waals surface area contributed by atoms with Gasteiger partial charge in [-0.2, -0.15) is 5.26 Å². The molecule has 2 N–H and O–H groups in total. The van der Waals surface area contributed by atoms with Crippen molar-refractivity contribution in [3.63, 3.8) is 0 Å². The molecule has 0 fully saturated rings. The number of nitrogens with zero attached hydrogens (tertiary/aromatic N) is 1. The lowest BCUT2D eigenvalue weighted by molar-refractivity contribution is -0.139. The van der Waals surface area contributed by atoms with Gasteiger partial charge in [0, 0.05) is 34.5 Å². The zero-order chi connectivity index (χ0) is 28.5. The summed E-state index contributed by atoms with van der Waals surface area (Å²) < 4.78 is 5.40. The molecule has 4 rings (SSSR count). The number of allylic oxidation sites excluding steroid dienone is 2. The second-order valence-electron chi connectivity index (χ2n) is 9.65. The number of rotatable bonds is 10. The lowest BCUT2D eigenvalue weighted by Gasteiger charge is -2.31. The Bertz CT molecular complexity index is 1420. The number of dihydropyridines is 1. The average molecular weight is 554 g/mol. The number of esters is 1. The zero-order valence-corrected chi connectivity index (χ0v) is 23.4. The maximum atomic E-state index is 13.8. The van der Waals surface area contributed by atoms with Crippen molar-refractivity contribution in [1.82, 2.24) is 10.6 Å². The highest BCUT2D eigenvalue weighted by molar-refractivity contribution is 6.30. The first kappa shape index (κ1) is 28.7. The molecule has 1 aliphatic heterocycles. The molecule has 0 radical (unpaired) electrons. The van der Waals surface area contributed by atoms with Crippen molar-refractivity contribution in [3.05, 3.63) is 129 Å². The highest BCUT2D eigenvalue weighted by atomic mass is 35.5. The van der Waals surface area contributed by atoms with E-state index in [4.69, 9.17) is 21.6 Å². The number of halogens is 1. The van der Waals surface area contributed by atoms with Gasteiger partial charge in [0.1, 0.15) is 6.61 Å². The monoisotopic (exact) mass is 553 g/mol. The molecular formula is C33H32ClN3O3. The molecular weight excluding hydrogens is 522 g/mol. The van der Waals surface area contributed by atoms with Crippen LogP contribution in [-0.2, 0) is 14.3 Å². The van der Waals surface area contributed by atoms with Crippen LogP contribution >= 0.6 is 11.6 Å². The number of amides is 1. The highest BCUT2D eigenvalue weighted by Gasteiger charge is 2.37. The number of hydrogen-bond donors (Lipinski definition) is 2. The molecule has 1 aliphatic rings. The first-order chi connectivity index (χ1) is 19.4. The van der Waals surface area contributed by atoms with Crippen molar-refractivity contribution in [2.24, 2.45) is 0 Å². The van der Waals surface area contributed by atoms with Gasteiger partial charge in [-0.15, -0.1) is 0 Å². The molecule has 3 aromatic rings. The smallest absolute Gasteiger partial charge is 0.336 e. The van der Waals surface area contributed by atoms with Gasteiger partial charge in [-0.25, -0.2) is 4.79 Å². The largest absolute Gasteiger partial charge is 0.461 e. The number of benzene rings is 3. The molecule has 0 saturated heterocycles. The molecule has 7 heteroatoms. The standard InChI is InChI=1S/C33H32ClN3O3/c1-22-29(32(38)36-19-17-28(24-11-5-3-6-12-24)25-13-7-4-8-14-25)31(26-15-9-16-27(34)21-26)30(23(2)37-22)33(39)40-20-10-18-35/h3-9,11-16,21,28,31,37H,10,17,19-20H2,1-2H3,(H,36,38). The topological polar surface area (TPSA) is 91.2 Å². The van der Waals surface area contributed by atoms with Crippen LogP contribution in [0.2, 0.25) is 5.02 Å². The second-order valence-corrected chi connectivity index (χ2v) is 10.1. The van der Waals surface area contributed by atoms with Gasteiger partial charge < -0.3 is 15.4 Å². The highest BCUT2D eigenvalue weighted by Crippen LogP contribution is 2.39. The van der Waals surface area contributed by atoms with Gasteiger partial charge >= 0.3 is 5.97 Å². The van der Waals surface area contributed by atoms with Gasteiger partial charge in [0.2, 0.25) is 5.91 Å². The summed E-state index contributed by atoms with van der Waals surface area (Å²) in [5, 5.41) is 15.7. The van der Waals surface area contributed by atoms with Gasteiger partial charge in [-0.05, 0) is 49.1 Å². The van der Waals surface area contributed by atoms with Gasteiger partial charge in [0.05, 0.1) is 24.0 Å². The van der Waals surface area contributed by atoms with E-state index in [2.05, 4.69) is 34.9 Å². The van der Waals surface area contributed by atoms with Gasteiger partial charge in [0.25, 0.3) is 0 Å². The molecule has 0 aliphatic carbocycles. The maximum absolute atomic E-state index is 13.8. The van der Waals surface area contributed by atoms with Crippen LogP contribution in [0.3, 0.4) is 0 Å². The van der Waals surface area contributed by atoms with E-state index >= 15 is 0 Å². The van der Waals surface area contributed by atoms with Crippen LogP contribution in [0, 0.1) is 11.3 Å². The molecule has 0 saturated carbocycles. The number of ether oxygens (including phenoxy) is 1. The van der Waals surface area contributed by atoms with E-state index in [1.807, 2.05) is 55.5 Å². The summed E-state index contributed by atoms with van der Waals surface area (Å²) in [4.78, 5) is 27.0. The fourth-order valence-corrected chi connectivity index (χ4v) is 5.37. The predicted octanol–water partition coefficient (Wildman–Crippen LogP) is 6.37. The van der Waals surface area contributed by atoms with Crippen molar-refractivity contribution in [1.29, 1.82) is 5.26 Å². The summed E-state index contributed by atoms with van der Waals surface area (Å²) in [5.41, 5.74) is 5.05. The van der Waals surface area contributed by atoms with Crippen LogP contribution in [0.5, 0.6) is 0 Å². The molecule has 0 spiro atoms. The Hall–Kier alpha value is -4.34. The van der Waals surface area contributed by atoms with Gasteiger partial charge in [-0.1, -0.05) is 84.4 Å². The van der Waals surface area contributed by atoms with Crippen molar-refractivity contribution in [2.75, 3.05) is 13.2 Å². The lowest BCUT2D eigenvalue weighted by Crippen LogP contribution is -2.37. The Kier molecular flexibility index (Phi) is 9.77. The van der Waals surface area contributed by atoms with Crippen molar-refractivity contribution >= 4 is 23.5 Å². The third kappa shape index (κ3) is 6.80. The fourth-order valence-electron chi connectivity index (χ4n) is 5.17. The Morgan fingerprint density at radius 1 is 0.950 bits per heavy atom. The second kappa shape index (κ2) is 13.6. The fraction of sp³-hybridized carbons (Fsp3) is 0.242. The van der Waals surface area contributed by atoms with Crippen LogP contribution in [0.25, 0.3) is 0 Å². The maximum Gasteiger partial charge on any atom is 0.336 e. The van der Waals surface area contributed by atoms with Crippen molar-refractivity contribution in [2.45, 2.75) is 38.5 Å². The van der Waals surface area contributed by atoms with Crippen LogP contribution in [-0.4, -0.2) is 25.0 Å². The van der Waals surface area contributed by atoms with E-state index in [-0.39, 0.29) is 24.9 Å². The van der Waals surface area contributed by atoms with Crippen LogP contribution in [0.4, 0.5) is 0 Å². The summed E-state index contributed by atoms with van der Waals surface area (Å²) in [7, 11) is 0. The zero-order valence-electron chi connectivity index (χ0n) is 22.6. The molecule has 40 heavy (non-hydrogen) atoms. The Labute approximate surface area is 240 Å². The number of nitriles is 1. The summed E-state index contributed by atoms with van der Waals surface area (Å²) in [6.07, 6.45) is 0.777. The van der Waals surface area contributed by atoms with Crippen LogP contribution in [0.15, 0.2) is 107 Å². The van der Waals surface area contributed by atoms with E-state index in [0.29, 0.717) is 46.1 Å². The molecule has 0 aromatic heterocycles. The van der Waals surface area contributed by atoms with Gasteiger partial charge in [0.15, 0.2) is 0 Å². The lowest BCUT2D eigenvalue weighted by atomic mass is 9.80. The minimum Gasteiger partial charge on any atom is -0.461 e. The number of nitrogens with one attached hydrogen (secondary N) is 2. The summed E-state index contributed by atoms with van der Waals surface area (Å²) in [6.45, 7) is 4.00. The third-order valence-corrected chi connectivity index (χ3v) is 7.21. The molecule has 1 heterocycles. The Morgan fingerprint density at radius 2 is 1.57 bits per heavy atom. The first-order valence-corrected chi connectivity index (χ1v) is 13.6. The number of carbonyl (C=O) groups is 2. The van der Waals surface area contributed by atoms with Crippen LogP contribution < -0.4 is 10.6 Å². The molecule has 0 bridgehead atoms. The van der Waals surface area contributed by atoms with E-state index in [1.54, 1.807) is 25.1 Å². The van der Waals surface area contributed by atoms with Crippen LogP contribution in [0.1, 0.15) is 55.2 Å². The molecule has 1 unspecified atom stereocenters. The Balaban J connectivity index is 1.60. The number of hydrogen-bond acceptors (Lipinski definition) is 5. The van der Waals surface area contributed by atoms with Gasteiger partial charge in [-0.3, -0.25) is 4.79 Å². The van der Waals surface area contributed by atoms with E-state index < -0.39 is 11.9 Å². The first-order valence-electron chi connectivity index (χ1n) is 13.3. The average Bonchev–Trinajstić information content (AvgIpc) is 2.96. The Morgan fingerprint density at radius 3 is 2.17 bits per heavy atom. The number of carbonyl (C=O) groups excluding carboxylic acids is 2. The van der Waals surface area contributed by atoms with E-state index in [9.17, 15) is 9.59 Å². The molecule has 204 valence electrons. The molecule has 1 atom stereocenters. The predicted molar refractivity (Wildman–Crippen MR) is 156 cm³/mol.